The number of halogens is 2. The van der Waals surface area contributed by atoms with E-state index in [1.165, 1.54) is 0 Å². The van der Waals surface area contributed by atoms with E-state index in [1.54, 1.807) is 7.11 Å². The molecule has 0 radical (unpaired) electrons. The molecule has 0 aliphatic carbocycles. The lowest BCUT2D eigenvalue weighted by atomic mass is 10.2. The second-order valence-electron chi connectivity index (χ2n) is 3.51. The number of hydrogen-bond donors (Lipinski definition) is 1. The average Bonchev–Trinajstić information content (AvgIpc) is 2.36. The first-order valence-electron chi connectivity index (χ1n) is 5.28. The standard InChI is InChI=1S/C12H15Br2NO2/c1-17-10-4-2-3-9(7-10)8-15-12(16)11(14)5-6-13/h2-4,7,11H,5-6,8H2,1H3,(H,15,16). The van der Waals surface area contributed by atoms with Crippen molar-refractivity contribution in [3.05, 3.63) is 29.8 Å². The molecule has 0 bridgehead atoms. The van der Waals surface area contributed by atoms with Gasteiger partial charge in [-0.3, -0.25) is 4.79 Å². The van der Waals surface area contributed by atoms with Gasteiger partial charge < -0.3 is 10.1 Å². The van der Waals surface area contributed by atoms with Crippen LogP contribution in [-0.2, 0) is 11.3 Å². The lowest BCUT2D eigenvalue weighted by Gasteiger charge is -2.10. The van der Waals surface area contributed by atoms with Gasteiger partial charge in [0.05, 0.1) is 11.9 Å². The van der Waals surface area contributed by atoms with Gasteiger partial charge in [0.25, 0.3) is 0 Å². The smallest absolute Gasteiger partial charge is 0.234 e. The van der Waals surface area contributed by atoms with Crippen molar-refractivity contribution in [2.75, 3.05) is 12.4 Å². The maximum Gasteiger partial charge on any atom is 0.234 e. The summed E-state index contributed by atoms with van der Waals surface area (Å²) in [5.41, 5.74) is 1.02. The van der Waals surface area contributed by atoms with Crippen molar-refractivity contribution in [3.8, 4) is 5.75 Å². The van der Waals surface area contributed by atoms with Crippen molar-refractivity contribution in [2.45, 2.75) is 17.8 Å². The highest BCUT2D eigenvalue weighted by atomic mass is 79.9. The van der Waals surface area contributed by atoms with Crippen molar-refractivity contribution in [2.24, 2.45) is 0 Å². The lowest BCUT2D eigenvalue weighted by Crippen LogP contribution is -2.30. The second kappa shape index (κ2) is 7.71. The molecule has 1 unspecified atom stereocenters. The first-order chi connectivity index (χ1) is 8.17. The number of benzene rings is 1. The van der Waals surface area contributed by atoms with Crippen LogP contribution in [-0.4, -0.2) is 23.2 Å². The van der Waals surface area contributed by atoms with Crippen LogP contribution in [0.1, 0.15) is 12.0 Å². The number of carbonyl (C=O) groups is 1. The summed E-state index contributed by atoms with van der Waals surface area (Å²) < 4.78 is 5.12. The Morgan fingerprint density at radius 1 is 1.53 bits per heavy atom. The Morgan fingerprint density at radius 2 is 2.29 bits per heavy atom. The number of ether oxygens (including phenoxy) is 1. The number of alkyl halides is 2. The van der Waals surface area contributed by atoms with E-state index in [4.69, 9.17) is 4.74 Å². The van der Waals surface area contributed by atoms with Gasteiger partial charge in [0.15, 0.2) is 0 Å². The number of nitrogens with one attached hydrogen (secondary N) is 1. The third kappa shape index (κ3) is 5.08. The van der Waals surface area contributed by atoms with Crippen molar-refractivity contribution < 1.29 is 9.53 Å². The van der Waals surface area contributed by atoms with Gasteiger partial charge in [-0.25, -0.2) is 0 Å². The molecule has 1 atom stereocenters. The van der Waals surface area contributed by atoms with Gasteiger partial charge >= 0.3 is 0 Å². The molecule has 0 heterocycles. The summed E-state index contributed by atoms with van der Waals surface area (Å²) in [7, 11) is 1.63. The summed E-state index contributed by atoms with van der Waals surface area (Å²) in [6.07, 6.45) is 0.768. The van der Waals surface area contributed by atoms with E-state index in [2.05, 4.69) is 37.2 Å². The molecule has 94 valence electrons. The number of amides is 1. The fourth-order valence-electron chi connectivity index (χ4n) is 1.31. The van der Waals surface area contributed by atoms with E-state index in [0.29, 0.717) is 6.54 Å². The minimum Gasteiger partial charge on any atom is -0.497 e. The predicted molar refractivity (Wildman–Crippen MR) is 76.0 cm³/mol. The van der Waals surface area contributed by atoms with Crippen molar-refractivity contribution in [1.29, 1.82) is 0 Å². The van der Waals surface area contributed by atoms with E-state index < -0.39 is 0 Å². The summed E-state index contributed by atoms with van der Waals surface area (Å²) in [6, 6.07) is 7.65. The third-order valence-electron chi connectivity index (χ3n) is 2.25. The van der Waals surface area contributed by atoms with Crippen molar-refractivity contribution in [1.82, 2.24) is 5.32 Å². The highest BCUT2D eigenvalue weighted by Crippen LogP contribution is 2.13. The Morgan fingerprint density at radius 3 is 2.94 bits per heavy atom. The minimum absolute atomic E-state index is 0.00673. The molecule has 1 rings (SSSR count). The van der Waals surface area contributed by atoms with Crippen LogP contribution < -0.4 is 10.1 Å². The molecule has 5 heteroatoms. The van der Waals surface area contributed by atoms with Gasteiger partial charge in [-0.15, -0.1) is 0 Å². The normalized spacial score (nSPS) is 11.9. The van der Waals surface area contributed by atoms with Crippen molar-refractivity contribution >= 4 is 37.8 Å². The Hall–Kier alpha value is -0.550. The fraction of sp³-hybridized carbons (Fsp3) is 0.417. The lowest BCUT2D eigenvalue weighted by molar-refractivity contribution is -0.120. The summed E-state index contributed by atoms with van der Waals surface area (Å²) in [6.45, 7) is 0.514. The van der Waals surface area contributed by atoms with Gasteiger partial charge in [-0.1, -0.05) is 44.0 Å². The van der Waals surface area contributed by atoms with Crippen LogP contribution in [0.3, 0.4) is 0 Å². The summed E-state index contributed by atoms with van der Waals surface area (Å²) in [5.74, 6) is 0.805. The number of carbonyl (C=O) groups excluding carboxylic acids is 1. The zero-order valence-corrected chi connectivity index (χ0v) is 12.8. The molecule has 1 N–H and O–H groups in total. The third-order valence-corrected chi connectivity index (χ3v) is 3.58. The maximum atomic E-state index is 11.7. The fourth-order valence-corrected chi connectivity index (χ4v) is 2.77. The summed E-state index contributed by atoms with van der Waals surface area (Å²) >= 11 is 6.65. The SMILES string of the molecule is COc1cccc(CNC(=O)C(Br)CCBr)c1. The molecule has 0 saturated carbocycles. The molecule has 1 amide bonds. The van der Waals surface area contributed by atoms with Crippen LogP contribution in [0.4, 0.5) is 0 Å². The Labute approximate surface area is 118 Å². The van der Waals surface area contributed by atoms with Crippen LogP contribution in [0.15, 0.2) is 24.3 Å². The molecule has 0 aliphatic heterocycles. The van der Waals surface area contributed by atoms with Gasteiger partial charge in [0.2, 0.25) is 5.91 Å². The monoisotopic (exact) mass is 363 g/mol. The molecule has 0 aromatic heterocycles. The van der Waals surface area contributed by atoms with Crippen LogP contribution in [0.2, 0.25) is 0 Å². The number of methoxy groups -OCH3 is 1. The van der Waals surface area contributed by atoms with E-state index in [1.807, 2.05) is 24.3 Å². The zero-order chi connectivity index (χ0) is 12.7. The summed E-state index contributed by atoms with van der Waals surface area (Å²) in [5, 5.41) is 3.67. The average molecular weight is 365 g/mol. The van der Waals surface area contributed by atoms with E-state index in [9.17, 15) is 4.79 Å². The molecule has 0 fully saturated rings. The maximum absolute atomic E-state index is 11.7. The number of hydrogen-bond acceptors (Lipinski definition) is 2. The molecule has 1 aromatic rings. The molecular formula is C12H15Br2NO2. The largest absolute Gasteiger partial charge is 0.497 e. The first-order valence-corrected chi connectivity index (χ1v) is 7.31. The quantitative estimate of drug-likeness (QED) is 0.788. The minimum atomic E-state index is -0.146. The van der Waals surface area contributed by atoms with Crippen LogP contribution in [0, 0.1) is 0 Å². The summed E-state index contributed by atoms with van der Waals surface area (Å²) in [4.78, 5) is 11.5. The van der Waals surface area contributed by atoms with Crippen LogP contribution in [0.25, 0.3) is 0 Å². The zero-order valence-electron chi connectivity index (χ0n) is 9.58. The molecule has 0 spiro atoms. The van der Waals surface area contributed by atoms with Crippen molar-refractivity contribution in [3.63, 3.8) is 0 Å². The molecular weight excluding hydrogens is 350 g/mol. The van der Waals surface area contributed by atoms with E-state index in [-0.39, 0.29) is 10.7 Å². The Bertz CT molecular complexity index is 371. The van der Waals surface area contributed by atoms with Gasteiger partial charge in [0, 0.05) is 11.9 Å². The van der Waals surface area contributed by atoms with Crippen LogP contribution >= 0.6 is 31.9 Å². The topological polar surface area (TPSA) is 38.3 Å². The second-order valence-corrected chi connectivity index (χ2v) is 5.41. The van der Waals surface area contributed by atoms with Gasteiger partial charge in [0.1, 0.15) is 5.75 Å². The van der Waals surface area contributed by atoms with Crippen LogP contribution in [0.5, 0.6) is 5.75 Å². The predicted octanol–water partition coefficient (Wildman–Crippen LogP) is 2.86. The Kier molecular flexibility index (Phi) is 6.58. The molecule has 17 heavy (non-hydrogen) atoms. The molecule has 3 nitrogen and oxygen atoms in total. The molecule has 0 aliphatic rings. The van der Waals surface area contributed by atoms with Gasteiger partial charge in [-0.05, 0) is 24.1 Å². The highest BCUT2D eigenvalue weighted by molar-refractivity contribution is 9.10. The van der Waals surface area contributed by atoms with E-state index in [0.717, 1.165) is 23.1 Å². The molecule has 1 aromatic carbocycles. The first kappa shape index (κ1) is 14.5. The van der Waals surface area contributed by atoms with Gasteiger partial charge in [-0.2, -0.15) is 0 Å². The number of rotatable bonds is 6. The Balaban J connectivity index is 2.46. The molecule has 0 saturated heterocycles. The highest BCUT2D eigenvalue weighted by Gasteiger charge is 2.13. The van der Waals surface area contributed by atoms with E-state index >= 15 is 0 Å².